The third-order valence-corrected chi connectivity index (χ3v) is 3.02. The van der Waals surface area contributed by atoms with Crippen molar-refractivity contribution in [3.63, 3.8) is 0 Å². The molecule has 17 heavy (non-hydrogen) atoms. The van der Waals surface area contributed by atoms with Crippen molar-refractivity contribution in [1.82, 2.24) is 9.78 Å². The summed E-state index contributed by atoms with van der Waals surface area (Å²) in [4.78, 5) is 0. The third-order valence-electron chi connectivity index (χ3n) is 3.02. The summed E-state index contributed by atoms with van der Waals surface area (Å²) < 4.78 is 1.94. The first-order valence-electron chi connectivity index (χ1n) is 5.90. The van der Waals surface area contributed by atoms with Gasteiger partial charge in [-0.2, -0.15) is 5.10 Å². The van der Waals surface area contributed by atoms with Crippen molar-refractivity contribution in [3.8, 4) is 0 Å². The molecule has 0 saturated heterocycles. The van der Waals surface area contributed by atoms with Crippen molar-refractivity contribution in [2.45, 2.75) is 33.4 Å². The summed E-state index contributed by atoms with van der Waals surface area (Å²) in [6.45, 7) is 7.02. The Morgan fingerprint density at radius 3 is 2.76 bits per heavy atom. The van der Waals surface area contributed by atoms with Gasteiger partial charge in [0.2, 0.25) is 0 Å². The molecule has 1 unspecified atom stereocenters. The normalized spacial score (nSPS) is 12.7. The molecule has 2 aromatic rings. The second kappa shape index (κ2) is 4.72. The number of rotatable bonds is 3. The predicted molar refractivity (Wildman–Crippen MR) is 69.8 cm³/mol. The van der Waals surface area contributed by atoms with Crippen molar-refractivity contribution >= 4 is 0 Å². The van der Waals surface area contributed by atoms with Crippen LogP contribution in [0.1, 0.15) is 35.2 Å². The molecule has 0 aliphatic rings. The zero-order chi connectivity index (χ0) is 12.4. The fourth-order valence-electron chi connectivity index (χ4n) is 1.85. The van der Waals surface area contributed by atoms with Gasteiger partial charge < -0.3 is 5.73 Å². The Hall–Kier alpha value is -1.61. The van der Waals surface area contributed by atoms with Crippen LogP contribution in [0.15, 0.2) is 30.6 Å². The van der Waals surface area contributed by atoms with Gasteiger partial charge in [0.15, 0.2) is 0 Å². The van der Waals surface area contributed by atoms with Crippen molar-refractivity contribution in [2.24, 2.45) is 5.73 Å². The van der Waals surface area contributed by atoms with Crippen molar-refractivity contribution in [3.05, 3.63) is 52.8 Å². The fourth-order valence-corrected chi connectivity index (χ4v) is 1.85. The van der Waals surface area contributed by atoms with Gasteiger partial charge >= 0.3 is 0 Å². The molecule has 0 aliphatic carbocycles. The maximum Gasteiger partial charge on any atom is 0.0662 e. The van der Waals surface area contributed by atoms with Gasteiger partial charge in [-0.05, 0) is 31.9 Å². The van der Waals surface area contributed by atoms with Crippen molar-refractivity contribution < 1.29 is 0 Å². The molecule has 0 bridgehead atoms. The molecule has 90 valence electrons. The number of nitrogens with zero attached hydrogens (tertiary/aromatic N) is 2. The number of hydrogen-bond acceptors (Lipinski definition) is 2. The Bertz CT molecular complexity index is 512. The molecule has 0 spiro atoms. The lowest BCUT2D eigenvalue weighted by Gasteiger charge is -2.07. The van der Waals surface area contributed by atoms with Gasteiger partial charge in [-0.1, -0.05) is 23.8 Å². The molecule has 1 aromatic carbocycles. The molecule has 2 rings (SSSR count). The molecule has 3 heteroatoms. The summed E-state index contributed by atoms with van der Waals surface area (Å²) in [5.41, 5.74) is 10.8. The van der Waals surface area contributed by atoms with E-state index in [1.165, 1.54) is 16.7 Å². The Morgan fingerprint density at radius 2 is 2.12 bits per heavy atom. The van der Waals surface area contributed by atoms with Gasteiger partial charge in [-0.3, -0.25) is 4.68 Å². The van der Waals surface area contributed by atoms with Gasteiger partial charge in [-0.25, -0.2) is 0 Å². The van der Waals surface area contributed by atoms with E-state index in [0.29, 0.717) is 0 Å². The molecule has 1 aromatic heterocycles. The minimum absolute atomic E-state index is 0.0438. The highest BCUT2D eigenvalue weighted by atomic mass is 15.3. The van der Waals surface area contributed by atoms with Gasteiger partial charge in [0.05, 0.1) is 12.7 Å². The van der Waals surface area contributed by atoms with Crippen LogP contribution in [0.2, 0.25) is 0 Å². The van der Waals surface area contributed by atoms with E-state index in [9.17, 15) is 0 Å². The Balaban J connectivity index is 2.22. The van der Waals surface area contributed by atoms with E-state index >= 15 is 0 Å². The number of aryl methyl sites for hydroxylation is 2. The first-order valence-corrected chi connectivity index (χ1v) is 5.90. The fraction of sp³-hybridized carbons (Fsp3) is 0.357. The average Bonchev–Trinajstić information content (AvgIpc) is 2.72. The van der Waals surface area contributed by atoms with Crippen LogP contribution in [0.25, 0.3) is 0 Å². The quantitative estimate of drug-likeness (QED) is 0.879. The van der Waals surface area contributed by atoms with E-state index in [0.717, 1.165) is 12.1 Å². The average molecular weight is 229 g/mol. The Kier molecular flexibility index (Phi) is 3.29. The first-order chi connectivity index (χ1) is 8.06. The second-order valence-corrected chi connectivity index (χ2v) is 4.69. The highest BCUT2D eigenvalue weighted by Gasteiger charge is 2.05. The van der Waals surface area contributed by atoms with Crippen LogP contribution in [0.5, 0.6) is 0 Å². The monoisotopic (exact) mass is 229 g/mol. The van der Waals surface area contributed by atoms with E-state index in [4.69, 9.17) is 5.73 Å². The minimum Gasteiger partial charge on any atom is -0.324 e. The number of aromatic nitrogens is 2. The van der Waals surface area contributed by atoms with E-state index in [1.54, 1.807) is 0 Å². The smallest absolute Gasteiger partial charge is 0.0662 e. The third kappa shape index (κ3) is 2.74. The summed E-state index contributed by atoms with van der Waals surface area (Å²) in [5.74, 6) is 0. The lowest BCUT2D eigenvalue weighted by molar-refractivity contribution is 0.681. The molecular weight excluding hydrogens is 210 g/mol. The largest absolute Gasteiger partial charge is 0.324 e. The van der Waals surface area contributed by atoms with Gasteiger partial charge in [0.25, 0.3) is 0 Å². The van der Waals surface area contributed by atoms with Crippen molar-refractivity contribution in [1.29, 1.82) is 0 Å². The van der Waals surface area contributed by atoms with Crippen LogP contribution >= 0.6 is 0 Å². The summed E-state index contributed by atoms with van der Waals surface area (Å²) in [6.07, 6.45) is 3.86. The Morgan fingerprint density at radius 1 is 1.35 bits per heavy atom. The molecule has 3 nitrogen and oxygen atoms in total. The molecule has 0 radical (unpaired) electrons. The molecule has 0 fully saturated rings. The first kappa shape index (κ1) is 11.9. The predicted octanol–water partition coefficient (Wildman–Crippen LogP) is 2.57. The lowest BCUT2D eigenvalue weighted by Crippen LogP contribution is -2.04. The van der Waals surface area contributed by atoms with E-state index in [1.807, 2.05) is 24.0 Å². The highest BCUT2D eigenvalue weighted by Crippen LogP contribution is 2.13. The lowest BCUT2D eigenvalue weighted by atomic mass is 10.1. The summed E-state index contributed by atoms with van der Waals surface area (Å²) >= 11 is 0. The van der Waals surface area contributed by atoms with Crippen molar-refractivity contribution in [2.75, 3.05) is 0 Å². The minimum atomic E-state index is 0.0438. The zero-order valence-corrected chi connectivity index (χ0v) is 10.6. The number of benzene rings is 1. The molecule has 0 aliphatic heterocycles. The highest BCUT2D eigenvalue weighted by molar-refractivity contribution is 5.30. The van der Waals surface area contributed by atoms with E-state index in [-0.39, 0.29) is 6.04 Å². The van der Waals surface area contributed by atoms with Gasteiger partial charge in [-0.15, -0.1) is 0 Å². The van der Waals surface area contributed by atoms with E-state index < -0.39 is 0 Å². The van der Waals surface area contributed by atoms with Crippen LogP contribution in [0, 0.1) is 13.8 Å². The maximum absolute atomic E-state index is 5.82. The Labute approximate surface area is 102 Å². The molecule has 0 saturated carbocycles. The second-order valence-electron chi connectivity index (χ2n) is 4.69. The van der Waals surface area contributed by atoms with Crippen LogP contribution in [0.4, 0.5) is 0 Å². The van der Waals surface area contributed by atoms with Crippen LogP contribution in [-0.2, 0) is 6.54 Å². The SMILES string of the molecule is Cc1ccc(C)c(Cn2cc(C(C)N)cn2)c1. The van der Waals surface area contributed by atoms with Crippen LogP contribution < -0.4 is 5.73 Å². The molecular formula is C14H19N3. The summed E-state index contributed by atoms with van der Waals surface area (Å²) in [7, 11) is 0. The topological polar surface area (TPSA) is 43.8 Å². The summed E-state index contributed by atoms with van der Waals surface area (Å²) in [6, 6.07) is 6.54. The number of hydrogen-bond donors (Lipinski definition) is 1. The van der Waals surface area contributed by atoms with Crippen LogP contribution in [0.3, 0.4) is 0 Å². The standard InChI is InChI=1S/C14H19N3/c1-10-4-5-11(2)13(6-10)8-17-9-14(7-16-17)12(3)15/h4-7,9,12H,8,15H2,1-3H3. The van der Waals surface area contributed by atoms with Gasteiger partial charge in [0.1, 0.15) is 0 Å². The van der Waals surface area contributed by atoms with E-state index in [2.05, 4.69) is 37.1 Å². The zero-order valence-electron chi connectivity index (χ0n) is 10.6. The maximum atomic E-state index is 5.82. The molecule has 0 amide bonds. The number of nitrogens with two attached hydrogens (primary N) is 1. The molecule has 1 atom stereocenters. The van der Waals surface area contributed by atoms with Crippen LogP contribution in [-0.4, -0.2) is 9.78 Å². The molecule has 1 heterocycles. The molecule has 2 N–H and O–H groups in total. The van der Waals surface area contributed by atoms with Gasteiger partial charge in [0, 0.05) is 17.8 Å². The summed E-state index contributed by atoms with van der Waals surface area (Å²) in [5, 5.41) is 4.34.